The van der Waals surface area contributed by atoms with Gasteiger partial charge in [-0.2, -0.15) is 0 Å². The Morgan fingerprint density at radius 2 is 2.24 bits per heavy atom. The second-order valence-electron chi connectivity index (χ2n) is 4.02. The molecule has 1 aromatic carbocycles. The number of nitrogens with zero attached hydrogens (tertiary/aromatic N) is 1. The van der Waals surface area contributed by atoms with Crippen molar-refractivity contribution in [3.8, 4) is 0 Å². The molecule has 0 saturated heterocycles. The number of ether oxygens (including phenoxy) is 1. The van der Waals surface area contributed by atoms with Gasteiger partial charge in [-0.3, -0.25) is 0 Å². The maximum Gasteiger partial charge on any atom is 0.335 e. The lowest BCUT2D eigenvalue weighted by Crippen LogP contribution is -2.24. The lowest BCUT2D eigenvalue weighted by molar-refractivity contribution is -0.150. The third kappa shape index (κ3) is 2.17. The predicted octanol–water partition coefficient (Wildman–Crippen LogP) is 1.25. The van der Waals surface area contributed by atoms with E-state index in [0.29, 0.717) is 0 Å². The standard InChI is InChI=1S/C13H15NO3/c1-14-7-6-9-4-3-5-10(12(9)14)8-11(15)13(16)17-2/h3-7,11,15H,8H2,1-2H3. The molecule has 1 aromatic heterocycles. The van der Waals surface area contributed by atoms with Crippen molar-refractivity contribution in [3.05, 3.63) is 36.0 Å². The zero-order valence-electron chi connectivity index (χ0n) is 9.88. The number of esters is 1. The molecule has 2 aromatic rings. The zero-order chi connectivity index (χ0) is 12.4. The summed E-state index contributed by atoms with van der Waals surface area (Å²) in [4.78, 5) is 11.2. The molecule has 0 aliphatic heterocycles. The average Bonchev–Trinajstić information content (AvgIpc) is 2.71. The van der Waals surface area contributed by atoms with Gasteiger partial charge in [-0.1, -0.05) is 18.2 Å². The van der Waals surface area contributed by atoms with Crippen molar-refractivity contribution >= 4 is 16.9 Å². The number of aromatic nitrogens is 1. The van der Waals surface area contributed by atoms with Crippen LogP contribution in [0.25, 0.3) is 10.9 Å². The number of carbonyl (C=O) groups is 1. The van der Waals surface area contributed by atoms with Crippen LogP contribution in [0, 0.1) is 0 Å². The van der Waals surface area contributed by atoms with Crippen molar-refractivity contribution in [2.75, 3.05) is 7.11 Å². The summed E-state index contributed by atoms with van der Waals surface area (Å²) in [5.41, 5.74) is 1.98. The van der Waals surface area contributed by atoms with Gasteiger partial charge in [0, 0.05) is 19.7 Å². The van der Waals surface area contributed by atoms with Crippen LogP contribution in [-0.2, 0) is 23.0 Å². The summed E-state index contributed by atoms with van der Waals surface area (Å²) in [6, 6.07) is 7.84. The molecule has 1 unspecified atom stereocenters. The van der Waals surface area contributed by atoms with Crippen LogP contribution in [0.1, 0.15) is 5.56 Å². The number of aliphatic hydroxyl groups is 1. The molecule has 1 N–H and O–H groups in total. The van der Waals surface area contributed by atoms with Crippen molar-refractivity contribution in [1.82, 2.24) is 4.57 Å². The Labute approximate surface area is 99.4 Å². The fraction of sp³-hybridized carbons (Fsp3) is 0.308. The Kier molecular flexibility index (Phi) is 3.15. The number of aliphatic hydroxyl groups excluding tert-OH is 1. The largest absolute Gasteiger partial charge is 0.467 e. The molecule has 0 spiro atoms. The summed E-state index contributed by atoms with van der Waals surface area (Å²) in [6.45, 7) is 0. The van der Waals surface area contributed by atoms with Crippen LogP contribution in [0.3, 0.4) is 0 Å². The number of methoxy groups -OCH3 is 1. The SMILES string of the molecule is COC(=O)C(O)Cc1cccc2ccn(C)c12. The van der Waals surface area contributed by atoms with E-state index in [9.17, 15) is 9.90 Å². The molecular formula is C13H15NO3. The van der Waals surface area contributed by atoms with Crippen LogP contribution < -0.4 is 0 Å². The molecule has 0 saturated carbocycles. The Morgan fingerprint density at radius 3 is 2.94 bits per heavy atom. The molecular weight excluding hydrogens is 218 g/mol. The van der Waals surface area contributed by atoms with E-state index in [4.69, 9.17) is 0 Å². The Hall–Kier alpha value is -1.81. The molecule has 1 atom stereocenters. The molecule has 4 nitrogen and oxygen atoms in total. The Balaban J connectivity index is 2.35. The first-order valence-corrected chi connectivity index (χ1v) is 5.42. The number of hydrogen-bond acceptors (Lipinski definition) is 3. The summed E-state index contributed by atoms with van der Waals surface area (Å²) in [6.07, 6.45) is 1.11. The summed E-state index contributed by atoms with van der Waals surface area (Å²) in [7, 11) is 3.21. The van der Waals surface area contributed by atoms with Crippen LogP contribution in [0.5, 0.6) is 0 Å². The van der Waals surface area contributed by atoms with Crippen molar-refractivity contribution in [3.63, 3.8) is 0 Å². The topological polar surface area (TPSA) is 51.5 Å². The highest BCUT2D eigenvalue weighted by atomic mass is 16.5. The summed E-state index contributed by atoms with van der Waals surface area (Å²) < 4.78 is 6.49. The monoisotopic (exact) mass is 233 g/mol. The van der Waals surface area contributed by atoms with Crippen LogP contribution in [0.2, 0.25) is 0 Å². The molecule has 4 heteroatoms. The highest BCUT2D eigenvalue weighted by Crippen LogP contribution is 2.20. The molecule has 1 heterocycles. The molecule has 0 amide bonds. The molecule has 0 aliphatic carbocycles. The number of fused-ring (bicyclic) bond motifs is 1. The van der Waals surface area contributed by atoms with Crippen LogP contribution in [0.4, 0.5) is 0 Å². The van der Waals surface area contributed by atoms with Gasteiger partial charge in [0.05, 0.1) is 12.6 Å². The lowest BCUT2D eigenvalue weighted by atomic mass is 10.1. The number of aryl methyl sites for hydroxylation is 1. The van der Waals surface area contributed by atoms with Gasteiger partial charge in [0.15, 0.2) is 6.10 Å². The van der Waals surface area contributed by atoms with Gasteiger partial charge in [0.2, 0.25) is 0 Å². The molecule has 0 bridgehead atoms. The number of rotatable bonds is 3. The minimum Gasteiger partial charge on any atom is -0.467 e. The predicted molar refractivity (Wildman–Crippen MR) is 64.6 cm³/mol. The van der Waals surface area contributed by atoms with Gasteiger partial charge in [-0.25, -0.2) is 4.79 Å². The number of carbonyl (C=O) groups excluding carboxylic acids is 1. The van der Waals surface area contributed by atoms with E-state index in [2.05, 4.69) is 4.74 Å². The Bertz CT molecular complexity index is 545. The number of para-hydroxylation sites is 1. The van der Waals surface area contributed by atoms with Gasteiger partial charge in [-0.05, 0) is 17.0 Å². The van der Waals surface area contributed by atoms with E-state index < -0.39 is 12.1 Å². The van der Waals surface area contributed by atoms with Crippen molar-refractivity contribution in [2.24, 2.45) is 7.05 Å². The van der Waals surface area contributed by atoms with Crippen LogP contribution in [-0.4, -0.2) is 28.9 Å². The van der Waals surface area contributed by atoms with Gasteiger partial charge < -0.3 is 14.4 Å². The molecule has 0 fully saturated rings. The summed E-state index contributed by atoms with van der Waals surface area (Å²) in [5.74, 6) is -0.601. The fourth-order valence-electron chi connectivity index (χ4n) is 2.03. The van der Waals surface area contributed by atoms with Gasteiger partial charge in [-0.15, -0.1) is 0 Å². The normalized spacial score (nSPS) is 12.6. The number of hydrogen-bond donors (Lipinski definition) is 1. The quantitative estimate of drug-likeness (QED) is 0.812. The molecule has 17 heavy (non-hydrogen) atoms. The number of benzene rings is 1. The van der Waals surface area contributed by atoms with E-state index in [1.165, 1.54) is 7.11 Å². The molecule has 0 radical (unpaired) electrons. The minimum atomic E-state index is -1.11. The highest BCUT2D eigenvalue weighted by molar-refractivity contribution is 5.84. The Morgan fingerprint density at radius 1 is 1.47 bits per heavy atom. The van der Waals surface area contributed by atoms with Gasteiger partial charge in [0.25, 0.3) is 0 Å². The van der Waals surface area contributed by atoms with Gasteiger partial charge in [0.1, 0.15) is 0 Å². The maximum atomic E-state index is 11.2. The second kappa shape index (κ2) is 4.59. The highest BCUT2D eigenvalue weighted by Gasteiger charge is 2.17. The average molecular weight is 233 g/mol. The summed E-state index contributed by atoms with van der Waals surface area (Å²) >= 11 is 0. The lowest BCUT2D eigenvalue weighted by Gasteiger charge is -2.10. The van der Waals surface area contributed by atoms with E-state index in [1.54, 1.807) is 0 Å². The van der Waals surface area contributed by atoms with E-state index >= 15 is 0 Å². The van der Waals surface area contributed by atoms with Crippen molar-refractivity contribution < 1.29 is 14.6 Å². The maximum absolute atomic E-state index is 11.2. The summed E-state index contributed by atoms with van der Waals surface area (Å²) in [5, 5.41) is 10.8. The third-order valence-electron chi connectivity index (χ3n) is 2.87. The zero-order valence-corrected chi connectivity index (χ0v) is 9.88. The van der Waals surface area contributed by atoms with E-state index in [1.807, 2.05) is 42.1 Å². The van der Waals surface area contributed by atoms with E-state index in [-0.39, 0.29) is 6.42 Å². The molecule has 0 aliphatic rings. The first-order valence-electron chi connectivity index (χ1n) is 5.42. The molecule has 2 rings (SSSR count). The third-order valence-corrected chi connectivity index (χ3v) is 2.87. The van der Waals surface area contributed by atoms with Crippen LogP contribution in [0.15, 0.2) is 30.5 Å². The van der Waals surface area contributed by atoms with Crippen molar-refractivity contribution in [1.29, 1.82) is 0 Å². The molecule has 90 valence electrons. The first kappa shape index (κ1) is 11.7. The fourth-order valence-corrected chi connectivity index (χ4v) is 2.03. The van der Waals surface area contributed by atoms with Crippen LogP contribution >= 0.6 is 0 Å². The van der Waals surface area contributed by atoms with Crippen molar-refractivity contribution in [2.45, 2.75) is 12.5 Å². The van der Waals surface area contributed by atoms with E-state index in [0.717, 1.165) is 16.5 Å². The first-order chi connectivity index (χ1) is 8.13. The minimum absolute atomic E-state index is 0.266. The smallest absolute Gasteiger partial charge is 0.335 e. The second-order valence-corrected chi connectivity index (χ2v) is 4.02. The van der Waals surface area contributed by atoms with Gasteiger partial charge >= 0.3 is 5.97 Å².